The van der Waals surface area contributed by atoms with Gasteiger partial charge in [-0.3, -0.25) is 9.59 Å². The van der Waals surface area contributed by atoms with Crippen molar-refractivity contribution in [1.29, 1.82) is 0 Å². The highest BCUT2D eigenvalue weighted by Crippen LogP contribution is 2.90. The molecule has 13 rings (SSSR count). The van der Waals surface area contributed by atoms with Gasteiger partial charge in [-0.2, -0.15) is 0 Å². The van der Waals surface area contributed by atoms with Crippen LogP contribution in [0.1, 0.15) is 116 Å². The van der Waals surface area contributed by atoms with Gasteiger partial charge in [0.2, 0.25) is 0 Å². The summed E-state index contributed by atoms with van der Waals surface area (Å²) < 4.78 is 0. The molecular formula is C57H61N3O8. The molecule has 4 fully saturated rings. The number of ketones is 2. The molecule has 0 amide bonds. The van der Waals surface area contributed by atoms with Gasteiger partial charge >= 0.3 is 5.97 Å². The fourth-order valence-corrected chi connectivity index (χ4v) is 19.7. The Morgan fingerprint density at radius 1 is 0.926 bits per heavy atom. The van der Waals surface area contributed by atoms with Crippen molar-refractivity contribution in [2.24, 2.45) is 67.2 Å². The van der Waals surface area contributed by atoms with Gasteiger partial charge in [-0.25, -0.2) is 9.79 Å². The number of hydrogen-bond donors (Lipinski definition) is 7. The van der Waals surface area contributed by atoms with Gasteiger partial charge in [0.1, 0.15) is 33.7 Å². The van der Waals surface area contributed by atoms with Crippen molar-refractivity contribution in [3.63, 3.8) is 0 Å². The monoisotopic (exact) mass is 915 g/mol. The maximum Gasteiger partial charge on any atom is 0.331 e. The lowest BCUT2D eigenvalue weighted by Gasteiger charge is -2.71. The minimum absolute atomic E-state index is 0.0579. The Balaban J connectivity index is 1.21. The Kier molecular flexibility index (Phi) is 7.84. The first kappa shape index (κ1) is 42.9. The van der Waals surface area contributed by atoms with Gasteiger partial charge in [0.15, 0.2) is 11.7 Å². The number of aliphatic imine (C=N–C) groups is 1. The molecule has 14 atom stereocenters. The number of carboxylic acids is 1. The molecule has 11 nitrogen and oxygen atoms in total. The van der Waals surface area contributed by atoms with E-state index in [9.17, 15) is 30.0 Å². The molecule has 6 bridgehead atoms. The fraction of sp³-hybridized carbons (Fsp3) is 0.544. The van der Waals surface area contributed by atoms with E-state index >= 15 is 9.90 Å². The number of guanidine groups is 1. The Labute approximate surface area is 396 Å². The summed E-state index contributed by atoms with van der Waals surface area (Å²) in [4.78, 5) is 49.1. The van der Waals surface area contributed by atoms with Crippen molar-refractivity contribution in [2.45, 2.75) is 140 Å². The van der Waals surface area contributed by atoms with Crippen molar-refractivity contribution in [1.82, 2.24) is 0 Å². The van der Waals surface area contributed by atoms with E-state index in [1.807, 2.05) is 44.2 Å². The van der Waals surface area contributed by atoms with E-state index in [-0.39, 0.29) is 73.6 Å². The van der Waals surface area contributed by atoms with E-state index in [0.717, 1.165) is 23.1 Å². The van der Waals surface area contributed by atoms with Gasteiger partial charge < -0.3 is 37.0 Å². The smallest absolute Gasteiger partial charge is 0.331 e. The number of aryl methyl sites for hydroxylation is 1. The SMILES string of the molecule is C/C(C(=O)O)=C1/CC[C@]2(N=C(N)N)C=C[C@@]34[C@H]5C6=C(CC=C6[C@]1(O)[C@]2(O)[C@H]3C)CC1=C[C@]2(O)C3=C6C(=O)C[C@@]4(C)[C@@]3(CCC#CC[C@]3(C)C(=O)CC[C@@]6(C)[C@@H]3[C@H]2C2=Cc3ccccc3CC2)[C@]15O. The fourth-order valence-electron chi connectivity index (χ4n) is 19.7. The summed E-state index contributed by atoms with van der Waals surface area (Å²) in [6.07, 6.45) is 13.4. The minimum atomic E-state index is -2.34. The molecule has 12 aliphatic rings. The first-order valence-corrected chi connectivity index (χ1v) is 24.9. The third-order valence-corrected chi connectivity index (χ3v) is 21.9. The number of Topliss-reactive ketones (excluding diaryl/α,β-unsaturated/α-hetero) is 2. The number of nitrogens with two attached hydrogens (primary N) is 2. The number of nitrogens with zero attached hydrogens (tertiary/aromatic N) is 1. The minimum Gasteiger partial charge on any atom is -0.478 e. The van der Waals surface area contributed by atoms with Crippen LogP contribution in [0.15, 0.2) is 104 Å². The number of allylic oxidation sites excluding steroid dienone is 4. The highest BCUT2D eigenvalue weighted by Gasteiger charge is 2.92. The van der Waals surface area contributed by atoms with Gasteiger partial charge in [-0.05, 0) is 115 Å². The Morgan fingerprint density at radius 3 is 2.44 bits per heavy atom. The van der Waals surface area contributed by atoms with Crippen LogP contribution < -0.4 is 11.5 Å². The van der Waals surface area contributed by atoms with Gasteiger partial charge in [-0.15, -0.1) is 11.8 Å². The lowest BCUT2D eigenvalue weighted by atomic mass is 9.32. The summed E-state index contributed by atoms with van der Waals surface area (Å²) in [5.74, 6) is 2.30. The summed E-state index contributed by atoms with van der Waals surface area (Å²) in [5.41, 5.74) is 3.66. The second-order valence-corrected chi connectivity index (χ2v) is 23.8. The van der Waals surface area contributed by atoms with E-state index in [0.29, 0.717) is 53.5 Å². The molecule has 352 valence electrons. The lowest BCUT2D eigenvalue weighted by Crippen LogP contribution is -2.77. The third kappa shape index (κ3) is 4.03. The first-order chi connectivity index (χ1) is 32.0. The zero-order valence-corrected chi connectivity index (χ0v) is 39.6. The number of aliphatic carboxylic acids is 1. The highest BCUT2D eigenvalue weighted by molar-refractivity contribution is 6.03. The number of fused-ring (bicyclic) bond motifs is 3. The predicted octanol–water partition coefficient (Wildman–Crippen LogP) is 6.02. The molecule has 0 aromatic heterocycles. The summed E-state index contributed by atoms with van der Waals surface area (Å²) in [6.45, 7) is 9.60. The van der Waals surface area contributed by atoms with E-state index in [1.54, 1.807) is 0 Å². The molecule has 0 aliphatic heterocycles. The van der Waals surface area contributed by atoms with E-state index in [1.165, 1.54) is 12.5 Å². The Morgan fingerprint density at radius 2 is 1.69 bits per heavy atom. The topological polar surface area (TPSA) is 217 Å². The third-order valence-electron chi connectivity index (χ3n) is 21.9. The second kappa shape index (κ2) is 12.4. The molecule has 1 aromatic carbocycles. The molecule has 9 N–H and O–H groups in total. The van der Waals surface area contributed by atoms with Gasteiger partial charge in [-0.1, -0.05) is 87.4 Å². The number of carboxylic acid groups (broad SMARTS) is 1. The highest BCUT2D eigenvalue weighted by atomic mass is 16.4. The molecule has 0 heterocycles. The summed E-state index contributed by atoms with van der Waals surface area (Å²) in [6, 6.07) is 8.32. The van der Waals surface area contributed by atoms with Crippen LogP contribution in [-0.4, -0.2) is 77.0 Å². The van der Waals surface area contributed by atoms with Crippen molar-refractivity contribution < 1.29 is 39.9 Å². The quantitative estimate of drug-likeness (QED) is 0.0615. The van der Waals surface area contributed by atoms with Gasteiger partial charge in [0, 0.05) is 76.2 Å². The molecule has 68 heavy (non-hydrogen) atoms. The van der Waals surface area contributed by atoms with E-state index in [4.69, 9.17) is 16.5 Å². The van der Waals surface area contributed by atoms with Crippen LogP contribution in [0, 0.1) is 62.6 Å². The average molecular weight is 916 g/mol. The standard InChI is InChI=1S/C57H61N3O8/c1-29(46(63)64)36-17-22-51(60-47(58)59)23-24-52-30(2)57(51,68)56(36,67)37-16-15-33-26-35-27-53(65)41(34-14-13-31-11-7-8-12-32(31)25-34)44-48(3)19-9-6-10-20-54(55(35,66)43(52)40(33)37)45(53)42(38(61)28-50(52,54)5)49(44,4)21-18-39(48)62/h7-8,11-12,16,23-25,27,30,41,43-44,65-68H,10,13-15,17-22,26,28H2,1-5H3,(H,63,64)(H4,58,59,60)/b36-29+/t30-,41+,43+,44+,48+,49+,50+,51-,52-,53+,54-,55-,56-,57-/m0/s1. The molecule has 1 aromatic rings. The zero-order chi connectivity index (χ0) is 47.9. The Bertz CT molecular complexity index is 3060. The number of hydrogen-bond acceptors (Lipinski definition) is 8. The van der Waals surface area contributed by atoms with Crippen LogP contribution in [0.3, 0.4) is 0 Å². The van der Waals surface area contributed by atoms with Crippen LogP contribution in [0.5, 0.6) is 0 Å². The largest absolute Gasteiger partial charge is 0.478 e. The first-order valence-electron chi connectivity index (χ1n) is 24.9. The molecule has 12 aliphatic carbocycles. The maximum atomic E-state index is 16.4. The number of benzene rings is 1. The number of carbonyl (C=O) groups excluding carboxylic acids is 2. The molecule has 0 radical (unpaired) electrons. The molecular weight excluding hydrogens is 855 g/mol. The number of aliphatic hydroxyl groups is 4. The van der Waals surface area contributed by atoms with Crippen LogP contribution in [0.2, 0.25) is 0 Å². The van der Waals surface area contributed by atoms with Gasteiger partial charge in [0.05, 0.1) is 0 Å². The van der Waals surface area contributed by atoms with E-state index in [2.05, 4.69) is 50.0 Å². The van der Waals surface area contributed by atoms with Crippen molar-refractivity contribution in [3.8, 4) is 11.8 Å². The molecule has 2 spiro atoms. The summed E-state index contributed by atoms with van der Waals surface area (Å²) in [7, 11) is 0. The van der Waals surface area contributed by atoms with Crippen LogP contribution >= 0.6 is 0 Å². The van der Waals surface area contributed by atoms with Crippen molar-refractivity contribution in [3.05, 3.63) is 110 Å². The molecule has 11 heteroatoms. The normalized spacial score (nSPS) is 48.8. The van der Waals surface area contributed by atoms with Gasteiger partial charge in [0.25, 0.3) is 0 Å². The van der Waals surface area contributed by atoms with Crippen molar-refractivity contribution >= 4 is 29.6 Å². The molecule has 0 unspecified atom stereocenters. The number of rotatable bonds is 3. The second-order valence-electron chi connectivity index (χ2n) is 23.8. The Hall–Kier alpha value is -5.12. The molecule has 4 saturated carbocycles. The van der Waals surface area contributed by atoms with Crippen LogP contribution in [0.25, 0.3) is 6.08 Å². The summed E-state index contributed by atoms with van der Waals surface area (Å²) >= 11 is 0. The van der Waals surface area contributed by atoms with Crippen LogP contribution in [-0.2, 0) is 20.8 Å². The average Bonchev–Trinajstić information content (AvgIpc) is 3.74. The van der Waals surface area contributed by atoms with Crippen molar-refractivity contribution in [2.75, 3.05) is 0 Å². The van der Waals surface area contributed by atoms with Crippen LogP contribution in [0.4, 0.5) is 0 Å². The maximum absolute atomic E-state index is 16.4. The molecule has 0 saturated heterocycles. The summed E-state index contributed by atoms with van der Waals surface area (Å²) in [5, 5.41) is 69.4. The predicted molar refractivity (Wildman–Crippen MR) is 254 cm³/mol. The lowest BCUT2D eigenvalue weighted by molar-refractivity contribution is -0.224. The number of carbonyl (C=O) groups is 3. The zero-order valence-electron chi connectivity index (χ0n) is 39.6. The van der Waals surface area contributed by atoms with E-state index < -0.39 is 84.7 Å².